The molecule has 0 bridgehead atoms. The lowest BCUT2D eigenvalue weighted by Gasteiger charge is -2.28. The van der Waals surface area contributed by atoms with Gasteiger partial charge in [-0.1, -0.05) is 5.10 Å². The number of piperidine rings is 1. The molecule has 1 N–H and O–H groups in total. The molecule has 3 rings (SSSR count). The highest BCUT2D eigenvalue weighted by Crippen LogP contribution is 2.39. The summed E-state index contributed by atoms with van der Waals surface area (Å²) >= 11 is 0. The molecule has 1 aromatic rings. The number of likely N-dealkylation sites (tertiary alicyclic amines) is 1. The molecule has 0 unspecified atom stereocenters. The van der Waals surface area contributed by atoms with Gasteiger partial charge in [-0.3, -0.25) is 0 Å². The SMILES string of the molecule is CN1CCC(OCCCNc2nnc(C3CC3)o2)CC1. The summed E-state index contributed by atoms with van der Waals surface area (Å²) in [5.41, 5.74) is 0. The number of ether oxygens (including phenoxy) is 1. The van der Waals surface area contributed by atoms with Crippen molar-refractivity contribution < 1.29 is 9.15 Å². The fraction of sp³-hybridized carbons (Fsp3) is 0.857. The van der Waals surface area contributed by atoms with E-state index in [0.29, 0.717) is 18.0 Å². The highest BCUT2D eigenvalue weighted by molar-refractivity contribution is 5.18. The largest absolute Gasteiger partial charge is 0.408 e. The first-order chi connectivity index (χ1) is 9.81. The molecule has 112 valence electrons. The molecule has 2 fully saturated rings. The highest BCUT2D eigenvalue weighted by Gasteiger charge is 2.29. The van der Waals surface area contributed by atoms with Crippen LogP contribution in [0.2, 0.25) is 0 Å². The van der Waals surface area contributed by atoms with Gasteiger partial charge >= 0.3 is 6.01 Å². The Kier molecular flexibility index (Phi) is 4.52. The molecule has 1 aliphatic heterocycles. The van der Waals surface area contributed by atoms with Crippen LogP contribution in [-0.2, 0) is 4.74 Å². The second-order valence-electron chi connectivity index (χ2n) is 5.87. The van der Waals surface area contributed by atoms with E-state index in [4.69, 9.17) is 9.15 Å². The van der Waals surface area contributed by atoms with Crippen LogP contribution in [-0.4, -0.2) is 54.5 Å². The van der Waals surface area contributed by atoms with Crippen LogP contribution in [0.4, 0.5) is 6.01 Å². The van der Waals surface area contributed by atoms with Gasteiger partial charge in [-0.25, -0.2) is 0 Å². The van der Waals surface area contributed by atoms with E-state index < -0.39 is 0 Å². The number of aromatic nitrogens is 2. The number of rotatable bonds is 7. The third-order valence-corrected chi connectivity index (χ3v) is 3.98. The number of hydrogen-bond donors (Lipinski definition) is 1. The van der Waals surface area contributed by atoms with Crippen LogP contribution in [0.5, 0.6) is 0 Å². The Morgan fingerprint density at radius 3 is 2.80 bits per heavy atom. The Morgan fingerprint density at radius 2 is 2.05 bits per heavy atom. The van der Waals surface area contributed by atoms with Crippen molar-refractivity contribution in [3.8, 4) is 0 Å². The Balaban J connectivity index is 1.26. The zero-order valence-electron chi connectivity index (χ0n) is 12.2. The lowest BCUT2D eigenvalue weighted by Crippen LogP contribution is -2.34. The van der Waals surface area contributed by atoms with Crippen molar-refractivity contribution in [3.05, 3.63) is 5.89 Å². The molecule has 0 atom stereocenters. The van der Waals surface area contributed by atoms with Gasteiger partial charge in [0.25, 0.3) is 0 Å². The molecule has 2 heterocycles. The van der Waals surface area contributed by atoms with Crippen molar-refractivity contribution in [3.63, 3.8) is 0 Å². The third-order valence-electron chi connectivity index (χ3n) is 3.98. The zero-order valence-corrected chi connectivity index (χ0v) is 12.2. The Labute approximate surface area is 119 Å². The van der Waals surface area contributed by atoms with Crippen LogP contribution in [0.3, 0.4) is 0 Å². The standard InChI is InChI=1S/C14H24N4O2/c1-18-8-5-12(6-9-18)19-10-2-7-15-14-17-16-13(20-14)11-3-4-11/h11-12H,2-10H2,1H3,(H,15,17). The van der Waals surface area contributed by atoms with E-state index in [1.165, 1.54) is 12.8 Å². The minimum absolute atomic E-state index is 0.441. The second-order valence-corrected chi connectivity index (χ2v) is 5.87. The van der Waals surface area contributed by atoms with Gasteiger partial charge in [-0.05, 0) is 39.2 Å². The molecule has 1 saturated heterocycles. The number of anilines is 1. The summed E-state index contributed by atoms with van der Waals surface area (Å²) in [7, 11) is 2.17. The average Bonchev–Trinajstić information content (AvgIpc) is 3.20. The molecule has 6 nitrogen and oxygen atoms in total. The molecule has 1 aliphatic carbocycles. The summed E-state index contributed by atoms with van der Waals surface area (Å²) in [5, 5.41) is 11.2. The second kappa shape index (κ2) is 6.54. The number of nitrogens with zero attached hydrogens (tertiary/aromatic N) is 3. The summed E-state index contributed by atoms with van der Waals surface area (Å²) in [6.45, 7) is 3.91. The summed E-state index contributed by atoms with van der Waals surface area (Å²) in [6.07, 6.45) is 6.08. The Hall–Kier alpha value is -1.14. The molecule has 6 heteroatoms. The van der Waals surface area contributed by atoms with Crippen molar-refractivity contribution in [2.45, 2.75) is 44.1 Å². The van der Waals surface area contributed by atoms with E-state index in [0.717, 1.165) is 51.4 Å². The minimum atomic E-state index is 0.441. The molecule has 0 spiro atoms. The fourth-order valence-corrected chi connectivity index (χ4v) is 2.47. The van der Waals surface area contributed by atoms with Crippen LogP contribution in [0.15, 0.2) is 4.42 Å². The molecule has 2 aliphatic rings. The van der Waals surface area contributed by atoms with E-state index in [1.54, 1.807) is 0 Å². The smallest absolute Gasteiger partial charge is 0.315 e. The summed E-state index contributed by atoms with van der Waals surface area (Å²) in [6, 6.07) is 0.547. The third kappa shape index (κ3) is 3.93. The topological polar surface area (TPSA) is 63.4 Å². The van der Waals surface area contributed by atoms with E-state index in [9.17, 15) is 0 Å². The zero-order chi connectivity index (χ0) is 13.8. The molecular formula is C14H24N4O2. The lowest BCUT2D eigenvalue weighted by molar-refractivity contribution is 0.0125. The maximum atomic E-state index is 5.89. The fourth-order valence-electron chi connectivity index (χ4n) is 2.47. The highest BCUT2D eigenvalue weighted by atomic mass is 16.5. The van der Waals surface area contributed by atoms with Crippen molar-refractivity contribution in [2.75, 3.05) is 38.6 Å². The predicted octanol–water partition coefficient (Wildman–Crippen LogP) is 1.86. The molecule has 20 heavy (non-hydrogen) atoms. The minimum Gasteiger partial charge on any atom is -0.408 e. The Bertz CT molecular complexity index is 411. The first kappa shape index (κ1) is 13.8. The van der Waals surface area contributed by atoms with Gasteiger partial charge in [0.15, 0.2) is 0 Å². The maximum Gasteiger partial charge on any atom is 0.315 e. The quantitative estimate of drug-likeness (QED) is 0.769. The van der Waals surface area contributed by atoms with Crippen LogP contribution in [0, 0.1) is 0 Å². The van der Waals surface area contributed by atoms with Crippen molar-refractivity contribution in [2.24, 2.45) is 0 Å². The predicted molar refractivity (Wildman–Crippen MR) is 75.9 cm³/mol. The molecule has 0 amide bonds. The summed E-state index contributed by atoms with van der Waals surface area (Å²) < 4.78 is 11.4. The monoisotopic (exact) mass is 280 g/mol. The van der Waals surface area contributed by atoms with E-state index in [-0.39, 0.29) is 0 Å². The average molecular weight is 280 g/mol. The van der Waals surface area contributed by atoms with Crippen molar-refractivity contribution in [1.29, 1.82) is 0 Å². The maximum absolute atomic E-state index is 5.89. The van der Waals surface area contributed by atoms with E-state index in [2.05, 4.69) is 27.5 Å². The van der Waals surface area contributed by atoms with Gasteiger partial charge in [-0.15, -0.1) is 5.10 Å². The van der Waals surface area contributed by atoms with E-state index >= 15 is 0 Å². The molecule has 1 saturated carbocycles. The first-order valence-corrected chi connectivity index (χ1v) is 7.68. The normalized spacial score (nSPS) is 21.2. The molecule has 0 radical (unpaired) electrons. The molecular weight excluding hydrogens is 256 g/mol. The van der Waals surface area contributed by atoms with E-state index in [1.807, 2.05) is 0 Å². The van der Waals surface area contributed by atoms with Gasteiger partial charge in [0, 0.05) is 32.2 Å². The summed E-state index contributed by atoms with van der Waals surface area (Å²) in [5.74, 6) is 1.31. The van der Waals surface area contributed by atoms with Crippen LogP contribution in [0.25, 0.3) is 0 Å². The number of hydrogen-bond acceptors (Lipinski definition) is 6. The van der Waals surface area contributed by atoms with Gasteiger partial charge < -0.3 is 19.4 Å². The van der Waals surface area contributed by atoms with Crippen LogP contribution in [0.1, 0.15) is 43.9 Å². The summed E-state index contributed by atoms with van der Waals surface area (Å²) in [4.78, 5) is 2.36. The lowest BCUT2D eigenvalue weighted by atomic mass is 10.1. The number of nitrogens with one attached hydrogen (secondary N) is 1. The van der Waals surface area contributed by atoms with Gasteiger partial charge in [-0.2, -0.15) is 0 Å². The first-order valence-electron chi connectivity index (χ1n) is 7.68. The van der Waals surface area contributed by atoms with Crippen LogP contribution >= 0.6 is 0 Å². The van der Waals surface area contributed by atoms with Gasteiger partial charge in [0.05, 0.1) is 6.10 Å². The van der Waals surface area contributed by atoms with Crippen molar-refractivity contribution >= 4 is 6.01 Å². The van der Waals surface area contributed by atoms with Crippen molar-refractivity contribution in [1.82, 2.24) is 15.1 Å². The molecule has 1 aromatic heterocycles. The van der Waals surface area contributed by atoms with Gasteiger partial charge in [0.2, 0.25) is 5.89 Å². The Morgan fingerprint density at radius 1 is 1.25 bits per heavy atom. The van der Waals surface area contributed by atoms with Crippen LogP contribution < -0.4 is 5.32 Å². The van der Waals surface area contributed by atoms with Gasteiger partial charge in [0.1, 0.15) is 0 Å². The molecule has 0 aromatic carbocycles.